The number of hydrogen-bond acceptors (Lipinski definition) is 6. The Kier molecular flexibility index (Phi) is 17.7. The van der Waals surface area contributed by atoms with E-state index in [9.17, 15) is 36.3 Å². The molecule has 0 saturated heterocycles. The molecule has 0 radical (unpaired) electrons. The van der Waals surface area contributed by atoms with Gasteiger partial charge < -0.3 is 14.2 Å². The summed E-state index contributed by atoms with van der Waals surface area (Å²) >= 11 is 0. The molecule has 0 unspecified atom stereocenters. The van der Waals surface area contributed by atoms with E-state index in [1.165, 1.54) is 13.8 Å². The smallest absolute Gasteiger partial charge is 0.344 e. The van der Waals surface area contributed by atoms with E-state index in [4.69, 9.17) is 0 Å². The van der Waals surface area contributed by atoms with Crippen molar-refractivity contribution in [2.45, 2.75) is 73.4 Å². The molecule has 6 nitrogen and oxygen atoms in total. The molecule has 0 heterocycles. The van der Waals surface area contributed by atoms with Gasteiger partial charge in [-0.1, -0.05) is 28.0 Å². The molecule has 0 aromatic heterocycles. The van der Waals surface area contributed by atoms with Gasteiger partial charge in [-0.2, -0.15) is 0 Å². The standard InChI is InChI=1S/C10H15F3O2.C9H12F2O4.2CH4/c1-7(2)8(14)15-6-5-10(12,13)9(3,4)11;1-6(2)8(13)14-4-7(12)15-5-9(3,10)11;;/h1,5-6H2,2-4H3;1,4-5H2,2-3H3;2*1H4. The van der Waals surface area contributed by atoms with Crippen molar-refractivity contribution < 1.29 is 50.5 Å². The number of alkyl halides is 5. The molecule has 32 heavy (non-hydrogen) atoms. The Morgan fingerprint density at radius 1 is 0.781 bits per heavy atom. The first kappa shape index (κ1) is 36.9. The molecule has 0 bridgehead atoms. The summed E-state index contributed by atoms with van der Waals surface area (Å²) in [5.74, 6) is -9.14. The second-order valence-corrected chi connectivity index (χ2v) is 6.93. The van der Waals surface area contributed by atoms with E-state index >= 15 is 0 Å². The highest BCUT2D eigenvalue weighted by atomic mass is 19.3. The van der Waals surface area contributed by atoms with E-state index in [-0.39, 0.29) is 26.0 Å². The van der Waals surface area contributed by atoms with Crippen molar-refractivity contribution >= 4 is 17.9 Å². The highest BCUT2D eigenvalue weighted by molar-refractivity contribution is 5.88. The summed E-state index contributed by atoms with van der Waals surface area (Å²) in [7, 11) is 0. The summed E-state index contributed by atoms with van der Waals surface area (Å²) in [6, 6.07) is 0. The number of ether oxygens (including phenoxy) is 3. The van der Waals surface area contributed by atoms with Crippen LogP contribution in [0.2, 0.25) is 0 Å². The Morgan fingerprint density at radius 2 is 1.19 bits per heavy atom. The van der Waals surface area contributed by atoms with Gasteiger partial charge in [0.05, 0.1) is 6.61 Å². The first-order valence-electron chi connectivity index (χ1n) is 8.55. The van der Waals surface area contributed by atoms with Crippen LogP contribution in [0.4, 0.5) is 22.0 Å². The fourth-order valence-corrected chi connectivity index (χ4v) is 1.19. The van der Waals surface area contributed by atoms with Crippen molar-refractivity contribution in [3.05, 3.63) is 24.3 Å². The van der Waals surface area contributed by atoms with Gasteiger partial charge in [0.1, 0.15) is 0 Å². The minimum atomic E-state index is -3.51. The number of rotatable bonds is 10. The summed E-state index contributed by atoms with van der Waals surface area (Å²) in [5.41, 5.74) is -2.38. The van der Waals surface area contributed by atoms with Gasteiger partial charge in [-0.15, -0.1) is 0 Å². The van der Waals surface area contributed by atoms with Gasteiger partial charge >= 0.3 is 17.9 Å². The Bertz CT molecular complexity index is 634. The van der Waals surface area contributed by atoms with Gasteiger partial charge in [0.15, 0.2) is 18.9 Å². The third kappa shape index (κ3) is 18.3. The van der Waals surface area contributed by atoms with Gasteiger partial charge in [0.25, 0.3) is 11.8 Å². The molecule has 0 saturated carbocycles. The zero-order valence-corrected chi connectivity index (χ0v) is 17.6. The van der Waals surface area contributed by atoms with Crippen molar-refractivity contribution in [1.29, 1.82) is 0 Å². The molecule has 0 aliphatic rings. The zero-order valence-electron chi connectivity index (χ0n) is 17.6. The van der Waals surface area contributed by atoms with Crippen LogP contribution in [0.15, 0.2) is 24.3 Å². The monoisotopic (exact) mass is 478 g/mol. The SMILES string of the molecule is C.C.C=C(C)C(=O)OCC(=O)OCC(C)(F)F.C=C(C)C(=O)OCCC(F)(F)C(C)(C)F. The van der Waals surface area contributed by atoms with E-state index in [1.807, 2.05) is 0 Å². The number of halogens is 5. The molecule has 0 spiro atoms. The third-order valence-electron chi connectivity index (χ3n) is 3.02. The van der Waals surface area contributed by atoms with Gasteiger partial charge in [-0.3, -0.25) is 0 Å². The van der Waals surface area contributed by atoms with Crippen molar-refractivity contribution in [2.24, 2.45) is 0 Å². The summed E-state index contributed by atoms with van der Waals surface area (Å²) in [5, 5.41) is 0. The molecule has 0 atom stereocenters. The predicted octanol–water partition coefficient (Wildman–Crippen LogP) is 5.46. The first-order valence-corrected chi connectivity index (χ1v) is 8.55. The van der Waals surface area contributed by atoms with E-state index in [1.54, 1.807) is 0 Å². The minimum absolute atomic E-state index is 0. The van der Waals surface area contributed by atoms with Crippen LogP contribution in [0.1, 0.15) is 55.9 Å². The highest BCUT2D eigenvalue weighted by Gasteiger charge is 2.47. The molecule has 0 amide bonds. The molecule has 0 rings (SSSR count). The van der Waals surface area contributed by atoms with Crippen LogP contribution in [0.3, 0.4) is 0 Å². The second-order valence-electron chi connectivity index (χ2n) is 6.93. The van der Waals surface area contributed by atoms with Crippen molar-refractivity contribution in [3.8, 4) is 0 Å². The fraction of sp³-hybridized carbons (Fsp3) is 0.667. The lowest BCUT2D eigenvalue weighted by molar-refractivity contribution is -0.163. The Labute approximate surface area is 186 Å². The van der Waals surface area contributed by atoms with E-state index in [2.05, 4.69) is 27.4 Å². The van der Waals surface area contributed by atoms with Crippen LogP contribution < -0.4 is 0 Å². The van der Waals surface area contributed by atoms with Crippen LogP contribution in [-0.2, 0) is 28.6 Å². The molecule has 0 aromatic carbocycles. The number of hydrogen-bond donors (Lipinski definition) is 0. The lowest BCUT2D eigenvalue weighted by atomic mass is 10.0. The molecule has 0 aliphatic heterocycles. The Balaban J connectivity index is -0.000000231. The third-order valence-corrected chi connectivity index (χ3v) is 3.02. The van der Waals surface area contributed by atoms with Crippen LogP contribution in [0.25, 0.3) is 0 Å². The number of carbonyl (C=O) groups excluding carboxylic acids is 3. The summed E-state index contributed by atoms with van der Waals surface area (Å²) in [6.45, 7) is 9.29. The van der Waals surface area contributed by atoms with Crippen LogP contribution in [0, 0.1) is 0 Å². The average Bonchev–Trinajstić information content (AvgIpc) is 2.56. The van der Waals surface area contributed by atoms with Gasteiger partial charge in [-0.05, 0) is 27.7 Å². The van der Waals surface area contributed by atoms with Crippen molar-refractivity contribution in [2.75, 3.05) is 19.8 Å². The van der Waals surface area contributed by atoms with Crippen molar-refractivity contribution in [1.82, 2.24) is 0 Å². The minimum Gasteiger partial charge on any atom is -0.462 e. The normalized spacial score (nSPS) is 10.8. The quantitative estimate of drug-likeness (QED) is 0.180. The Hall–Kier alpha value is -2.46. The van der Waals surface area contributed by atoms with E-state index < -0.39 is 61.7 Å². The molecule has 0 N–H and O–H groups in total. The zero-order chi connectivity index (χ0) is 24.3. The molecule has 0 aliphatic carbocycles. The van der Waals surface area contributed by atoms with E-state index in [0.29, 0.717) is 6.92 Å². The fourth-order valence-electron chi connectivity index (χ4n) is 1.19. The van der Waals surface area contributed by atoms with Gasteiger partial charge in [-0.25, -0.2) is 36.3 Å². The second kappa shape index (κ2) is 15.4. The summed E-state index contributed by atoms with van der Waals surface area (Å²) in [6.07, 6.45) is -0.838. The molecule has 0 aromatic rings. The highest BCUT2D eigenvalue weighted by Crippen LogP contribution is 2.34. The van der Waals surface area contributed by atoms with Crippen LogP contribution in [0.5, 0.6) is 0 Å². The number of esters is 3. The van der Waals surface area contributed by atoms with Crippen LogP contribution in [-0.4, -0.2) is 55.2 Å². The van der Waals surface area contributed by atoms with Crippen molar-refractivity contribution in [3.63, 3.8) is 0 Å². The summed E-state index contributed by atoms with van der Waals surface area (Å²) in [4.78, 5) is 32.3. The molecule has 0 fully saturated rings. The van der Waals surface area contributed by atoms with Gasteiger partial charge in [0, 0.05) is 24.5 Å². The average molecular weight is 478 g/mol. The Morgan fingerprint density at radius 3 is 1.53 bits per heavy atom. The maximum absolute atomic E-state index is 13.0. The lowest BCUT2D eigenvalue weighted by Crippen LogP contribution is -2.39. The van der Waals surface area contributed by atoms with E-state index in [0.717, 1.165) is 13.8 Å². The molecular weight excluding hydrogens is 443 g/mol. The topological polar surface area (TPSA) is 78.9 Å². The first-order chi connectivity index (χ1) is 13.3. The largest absolute Gasteiger partial charge is 0.462 e. The van der Waals surface area contributed by atoms with Gasteiger partial charge in [0.2, 0.25) is 0 Å². The number of carbonyl (C=O) groups is 3. The molecular formula is C21H35F5O6. The molecule has 11 heteroatoms. The maximum atomic E-state index is 13.0. The van der Waals surface area contributed by atoms with Crippen LogP contribution >= 0.6 is 0 Å². The summed E-state index contributed by atoms with van der Waals surface area (Å²) < 4.78 is 76.3. The maximum Gasteiger partial charge on any atom is 0.344 e. The lowest BCUT2D eigenvalue weighted by Gasteiger charge is -2.26. The predicted molar refractivity (Wildman–Crippen MR) is 111 cm³/mol. The molecule has 190 valence electrons.